The molecule has 0 atom stereocenters. The zero-order chi connectivity index (χ0) is 23.8. The van der Waals surface area contributed by atoms with E-state index in [1.807, 2.05) is 12.1 Å². The van der Waals surface area contributed by atoms with Gasteiger partial charge in [-0.25, -0.2) is 4.79 Å². The molecule has 2 heterocycles. The monoisotopic (exact) mass is 471 g/mol. The smallest absolute Gasteiger partial charge is 0.340 e. The summed E-state index contributed by atoms with van der Waals surface area (Å²) in [6, 6.07) is 10.5. The maximum absolute atomic E-state index is 13.1. The number of aliphatic hydroxyl groups is 1. The third kappa shape index (κ3) is 4.43. The molecule has 0 saturated carbocycles. The summed E-state index contributed by atoms with van der Waals surface area (Å²) in [6.45, 7) is 2.55. The highest BCUT2D eigenvalue weighted by molar-refractivity contribution is 6.30. The number of nitrogens with zero attached hydrogens (tertiary/aromatic N) is 1. The van der Waals surface area contributed by atoms with E-state index in [2.05, 4.69) is 0 Å². The van der Waals surface area contributed by atoms with Gasteiger partial charge in [-0.1, -0.05) is 23.7 Å². The van der Waals surface area contributed by atoms with Gasteiger partial charge in [-0.05, 0) is 43.0 Å². The Morgan fingerprint density at radius 1 is 1.15 bits per heavy atom. The predicted octanol–water partition coefficient (Wildman–Crippen LogP) is 3.82. The molecule has 0 bridgehead atoms. The van der Waals surface area contributed by atoms with Gasteiger partial charge in [0.15, 0.2) is 0 Å². The van der Waals surface area contributed by atoms with Gasteiger partial charge in [0.25, 0.3) is 0 Å². The Kier molecular flexibility index (Phi) is 6.36. The standard InChI is InChI=1S/C25H26ClNO6/c1-15-19(24(29)33-21-13-18(31-2)12-20(32-3)23(15)21)14-22(28)27-10-8-25(30,9-11-27)16-4-6-17(26)7-5-16/h4-7,12-13,30H,8-11,14H2,1-3H3. The number of likely N-dealkylation sites (tertiary alicyclic amines) is 1. The lowest BCUT2D eigenvalue weighted by Crippen LogP contribution is -2.46. The average Bonchev–Trinajstić information content (AvgIpc) is 2.81. The van der Waals surface area contributed by atoms with Crippen LogP contribution in [-0.4, -0.2) is 43.2 Å². The van der Waals surface area contributed by atoms with Gasteiger partial charge in [0.2, 0.25) is 5.91 Å². The summed E-state index contributed by atoms with van der Waals surface area (Å²) in [5.41, 5.74) is 0.506. The second-order valence-corrected chi connectivity index (χ2v) is 8.73. The number of piperidine rings is 1. The third-order valence-electron chi connectivity index (χ3n) is 6.42. The number of methoxy groups -OCH3 is 2. The first kappa shape index (κ1) is 23.1. The van der Waals surface area contributed by atoms with Crippen molar-refractivity contribution in [2.24, 2.45) is 0 Å². The van der Waals surface area contributed by atoms with Crippen LogP contribution in [0.2, 0.25) is 5.02 Å². The van der Waals surface area contributed by atoms with Crippen molar-refractivity contribution in [2.75, 3.05) is 27.3 Å². The maximum atomic E-state index is 13.1. The topological polar surface area (TPSA) is 89.2 Å². The van der Waals surface area contributed by atoms with Gasteiger partial charge in [0.1, 0.15) is 17.1 Å². The molecule has 1 saturated heterocycles. The van der Waals surface area contributed by atoms with Gasteiger partial charge in [-0.15, -0.1) is 0 Å². The molecule has 1 fully saturated rings. The van der Waals surface area contributed by atoms with E-state index in [-0.39, 0.29) is 12.3 Å². The molecular formula is C25H26ClNO6. The molecule has 2 aromatic carbocycles. The zero-order valence-corrected chi connectivity index (χ0v) is 19.6. The van der Waals surface area contributed by atoms with E-state index < -0.39 is 11.2 Å². The molecule has 1 aromatic heterocycles. The number of halogens is 1. The molecule has 3 aromatic rings. The van der Waals surface area contributed by atoms with Crippen LogP contribution in [0.3, 0.4) is 0 Å². The Hall–Kier alpha value is -3.03. The van der Waals surface area contributed by atoms with Crippen LogP contribution in [0.25, 0.3) is 11.0 Å². The van der Waals surface area contributed by atoms with Crippen molar-refractivity contribution in [3.63, 3.8) is 0 Å². The van der Waals surface area contributed by atoms with E-state index in [0.29, 0.717) is 64.5 Å². The van der Waals surface area contributed by atoms with Crippen LogP contribution in [0.15, 0.2) is 45.6 Å². The number of hydrogen-bond acceptors (Lipinski definition) is 6. The van der Waals surface area contributed by atoms with Gasteiger partial charge >= 0.3 is 5.63 Å². The number of carbonyl (C=O) groups is 1. The Bertz CT molecular complexity index is 1240. The molecule has 0 spiro atoms. The van der Waals surface area contributed by atoms with Crippen molar-refractivity contribution in [3.05, 3.63) is 68.5 Å². The zero-order valence-electron chi connectivity index (χ0n) is 18.8. The largest absolute Gasteiger partial charge is 0.496 e. The van der Waals surface area contributed by atoms with Crippen LogP contribution in [0.4, 0.5) is 0 Å². The molecule has 0 radical (unpaired) electrons. The quantitative estimate of drug-likeness (QED) is 0.569. The van der Waals surface area contributed by atoms with Gasteiger partial charge in [-0.2, -0.15) is 0 Å². The first-order chi connectivity index (χ1) is 15.8. The molecule has 174 valence electrons. The highest BCUT2D eigenvalue weighted by Gasteiger charge is 2.35. The van der Waals surface area contributed by atoms with Crippen molar-refractivity contribution in [3.8, 4) is 11.5 Å². The van der Waals surface area contributed by atoms with Gasteiger partial charge < -0.3 is 23.9 Å². The minimum atomic E-state index is -1.01. The second-order valence-electron chi connectivity index (χ2n) is 8.29. The van der Waals surface area contributed by atoms with Crippen LogP contribution in [0, 0.1) is 6.92 Å². The number of carbonyl (C=O) groups excluding carboxylic acids is 1. The molecule has 8 heteroatoms. The fourth-order valence-corrected chi connectivity index (χ4v) is 4.53. The van der Waals surface area contributed by atoms with Gasteiger partial charge in [0.05, 0.1) is 37.2 Å². The summed E-state index contributed by atoms with van der Waals surface area (Å²) >= 11 is 5.95. The summed E-state index contributed by atoms with van der Waals surface area (Å²) in [5, 5.41) is 12.3. The Morgan fingerprint density at radius 2 is 1.82 bits per heavy atom. The molecular weight excluding hydrogens is 446 g/mol. The van der Waals surface area contributed by atoms with E-state index >= 15 is 0 Å². The molecule has 1 aliphatic rings. The fourth-order valence-electron chi connectivity index (χ4n) is 4.40. The Balaban J connectivity index is 1.55. The summed E-state index contributed by atoms with van der Waals surface area (Å²) < 4.78 is 16.2. The lowest BCUT2D eigenvalue weighted by Gasteiger charge is -2.38. The maximum Gasteiger partial charge on any atom is 0.340 e. The highest BCUT2D eigenvalue weighted by Crippen LogP contribution is 2.35. The Labute approximate surface area is 196 Å². The minimum Gasteiger partial charge on any atom is -0.496 e. The molecule has 0 unspecified atom stereocenters. The van der Waals surface area contributed by atoms with Crippen LogP contribution in [0.5, 0.6) is 11.5 Å². The van der Waals surface area contributed by atoms with E-state index in [1.165, 1.54) is 14.2 Å². The average molecular weight is 472 g/mol. The third-order valence-corrected chi connectivity index (χ3v) is 6.68. The van der Waals surface area contributed by atoms with Crippen LogP contribution in [0.1, 0.15) is 29.5 Å². The van der Waals surface area contributed by atoms with E-state index in [0.717, 1.165) is 5.56 Å². The Morgan fingerprint density at radius 3 is 2.42 bits per heavy atom. The van der Waals surface area contributed by atoms with Gasteiger partial charge in [0, 0.05) is 30.2 Å². The second kappa shape index (κ2) is 9.08. The number of rotatable bonds is 5. The number of hydrogen-bond donors (Lipinski definition) is 1. The molecule has 1 aliphatic heterocycles. The van der Waals surface area contributed by atoms with E-state index in [9.17, 15) is 14.7 Å². The summed E-state index contributed by atoms with van der Waals surface area (Å²) in [5.74, 6) is 0.827. The van der Waals surface area contributed by atoms with Crippen molar-refractivity contribution >= 4 is 28.5 Å². The predicted molar refractivity (Wildman–Crippen MR) is 125 cm³/mol. The molecule has 1 amide bonds. The van der Waals surface area contributed by atoms with Crippen LogP contribution < -0.4 is 15.1 Å². The summed E-state index contributed by atoms with van der Waals surface area (Å²) in [6.07, 6.45) is 0.720. The van der Waals surface area contributed by atoms with Crippen molar-refractivity contribution in [1.29, 1.82) is 0 Å². The van der Waals surface area contributed by atoms with Crippen molar-refractivity contribution < 1.29 is 23.8 Å². The SMILES string of the molecule is COc1cc(OC)c2c(C)c(CC(=O)N3CCC(O)(c4ccc(Cl)cc4)CC3)c(=O)oc2c1. The number of aryl methyl sites for hydroxylation is 1. The number of ether oxygens (including phenoxy) is 2. The molecule has 1 N–H and O–H groups in total. The molecule has 33 heavy (non-hydrogen) atoms. The van der Waals surface area contributed by atoms with Crippen molar-refractivity contribution in [2.45, 2.75) is 31.8 Å². The number of fused-ring (bicyclic) bond motifs is 1. The fraction of sp³-hybridized carbons (Fsp3) is 0.360. The van der Waals surface area contributed by atoms with Crippen molar-refractivity contribution in [1.82, 2.24) is 4.90 Å². The van der Waals surface area contributed by atoms with Crippen LogP contribution >= 0.6 is 11.6 Å². The van der Waals surface area contributed by atoms with Crippen LogP contribution in [-0.2, 0) is 16.8 Å². The van der Waals surface area contributed by atoms with Gasteiger partial charge in [-0.3, -0.25) is 4.79 Å². The molecule has 4 rings (SSSR count). The minimum absolute atomic E-state index is 0.0847. The highest BCUT2D eigenvalue weighted by atomic mass is 35.5. The number of amides is 1. The van der Waals surface area contributed by atoms with E-state index in [4.69, 9.17) is 25.5 Å². The normalized spacial score (nSPS) is 15.5. The summed E-state index contributed by atoms with van der Waals surface area (Å²) in [7, 11) is 3.05. The molecule has 7 nitrogen and oxygen atoms in total. The first-order valence-corrected chi connectivity index (χ1v) is 11.1. The lowest BCUT2D eigenvalue weighted by molar-refractivity contribution is -0.135. The first-order valence-electron chi connectivity index (χ1n) is 10.7. The molecule has 0 aliphatic carbocycles. The van der Waals surface area contributed by atoms with E-state index in [1.54, 1.807) is 36.1 Å². The number of benzene rings is 2. The summed E-state index contributed by atoms with van der Waals surface area (Å²) in [4.78, 5) is 27.4. The lowest BCUT2D eigenvalue weighted by atomic mass is 9.84.